The van der Waals surface area contributed by atoms with Crippen LogP contribution >= 0.6 is 46.6 Å². The van der Waals surface area contributed by atoms with Gasteiger partial charge in [-0.05, 0) is 30.7 Å². The van der Waals surface area contributed by atoms with Gasteiger partial charge in [0.05, 0.1) is 5.56 Å². The number of carbonyl (C=O) groups is 1. The van der Waals surface area contributed by atoms with Gasteiger partial charge in [0.15, 0.2) is 0 Å². The first-order valence-corrected chi connectivity index (χ1v) is 7.97. The van der Waals surface area contributed by atoms with Crippen molar-refractivity contribution in [2.75, 3.05) is 5.75 Å². The number of hydrogen-bond donors (Lipinski definition) is 1. The zero-order valence-electron chi connectivity index (χ0n) is 10.7. The van der Waals surface area contributed by atoms with Crippen molar-refractivity contribution in [1.29, 1.82) is 0 Å². The van der Waals surface area contributed by atoms with Gasteiger partial charge in [0.1, 0.15) is 0 Å². The minimum absolute atomic E-state index is 0.247. The summed E-state index contributed by atoms with van der Waals surface area (Å²) in [5.74, 6) is -0.0977. The fourth-order valence-corrected chi connectivity index (χ4v) is 3.63. The van der Waals surface area contributed by atoms with Gasteiger partial charge >= 0.3 is 5.97 Å². The molecule has 0 heterocycles. The van der Waals surface area contributed by atoms with E-state index in [4.69, 9.17) is 39.9 Å². The molecule has 0 saturated heterocycles. The Kier molecular flexibility index (Phi) is 6.31. The van der Waals surface area contributed by atoms with E-state index in [-0.39, 0.29) is 5.56 Å². The van der Waals surface area contributed by atoms with Crippen LogP contribution in [-0.4, -0.2) is 16.8 Å². The number of rotatable bonds is 5. The minimum atomic E-state index is -1.55. The van der Waals surface area contributed by atoms with Crippen molar-refractivity contribution in [2.24, 2.45) is 0 Å². The molecule has 1 aromatic carbocycles. The second-order valence-corrected chi connectivity index (χ2v) is 7.51. The van der Waals surface area contributed by atoms with E-state index in [2.05, 4.69) is 6.92 Å². The molecule has 0 unspecified atom stereocenters. The maximum atomic E-state index is 11.2. The first kappa shape index (κ1) is 17.0. The van der Waals surface area contributed by atoms with E-state index in [1.807, 2.05) is 0 Å². The number of unbranched alkanes of at least 4 members (excludes halogenated alkanes) is 1. The summed E-state index contributed by atoms with van der Waals surface area (Å²) in [7, 11) is 0. The Morgan fingerprint density at radius 2 is 2.00 bits per heavy atom. The van der Waals surface area contributed by atoms with Crippen molar-refractivity contribution < 1.29 is 9.90 Å². The molecule has 0 radical (unpaired) electrons. The fourth-order valence-electron chi connectivity index (χ4n) is 1.65. The average Bonchev–Trinajstić information content (AvgIpc) is 2.29. The first-order valence-electron chi connectivity index (χ1n) is 5.86. The van der Waals surface area contributed by atoms with Crippen LogP contribution in [0.15, 0.2) is 17.0 Å². The molecule has 2 nitrogen and oxygen atoms in total. The molecule has 0 fully saturated rings. The summed E-state index contributed by atoms with van der Waals surface area (Å²) in [6.45, 7) is 3.84. The molecule has 106 valence electrons. The van der Waals surface area contributed by atoms with E-state index in [9.17, 15) is 4.79 Å². The number of carboxylic acid groups (broad SMARTS) is 1. The third-order valence-electron chi connectivity index (χ3n) is 2.69. The van der Waals surface area contributed by atoms with Gasteiger partial charge in [-0.2, -0.15) is 0 Å². The van der Waals surface area contributed by atoms with Crippen molar-refractivity contribution in [3.8, 4) is 0 Å². The Balaban J connectivity index is 3.25. The molecule has 0 aliphatic rings. The Labute approximate surface area is 132 Å². The van der Waals surface area contributed by atoms with Crippen molar-refractivity contribution >= 4 is 52.5 Å². The summed E-state index contributed by atoms with van der Waals surface area (Å²) in [5, 5.41) is 9.15. The molecular weight excluding hydrogens is 327 g/mol. The molecule has 19 heavy (non-hydrogen) atoms. The van der Waals surface area contributed by atoms with Crippen molar-refractivity contribution in [3.63, 3.8) is 0 Å². The van der Waals surface area contributed by atoms with Gasteiger partial charge in [0.25, 0.3) is 0 Å². The predicted molar refractivity (Wildman–Crippen MR) is 83.0 cm³/mol. The fraction of sp³-hybridized carbons (Fsp3) is 0.462. The van der Waals surface area contributed by atoms with E-state index < -0.39 is 9.76 Å². The molecule has 0 aromatic heterocycles. The maximum Gasteiger partial charge on any atom is 0.335 e. The maximum absolute atomic E-state index is 11.2. The molecule has 0 aliphatic carbocycles. The quantitative estimate of drug-likeness (QED) is 0.442. The van der Waals surface area contributed by atoms with Gasteiger partial charge in [0, 0.05) is 10.5 Å². The van der Waals surface area contributed by atoms with Crippen molar-refractivity contribution in [1.82, 2.24) is 0 Å². The Morgan fingerprint density at radius 3 is 2.47 bits per heavy atom. The second kappa shape index (κ2) is 7.07. The first-order chi connectivity index (χ1) is 8.79. The molecule has 6 heteroatoms. The van der Waals surface area contributed by atoms with Gasteiger partial charge in [-0.15, -0.1) is 11.8 Å². The second-order valence-electron chi connectivity index (χ2n) is 4.12. The highest BCUT2D eigenvalue weighted by Crippen LogP contribution is 2.44. The Hall–Kier alpha value is -0.0900. The Morgan fingerprint density at radius 1 is 1.37 bits per heavy atom. The van der Waals surface area contributed by atoms with Crippen molar-refractivity contribution in [3.05, 3.63) is 28.8 Å². The van der Waals surface area contributed by atoms with E-state index in [1.165, 1.54) is 6.07 Å². The van der Waals surface area contributed by atoms with Crippen LogP contribution in [-0.2, 0) is 3.79 Å². The van der Waals surface area contributed by atoms with E-state index in [1.54, 1.807) is 24.8 Å². The smallest absolute Gasteiger partial charge is 0.335 e. The van der Waals surface area contributed by atoms with Gasteiger partial charge in [0.2, 0.25) is 3.79 Å². The van der Waals surface area contributed by atoms with Crippen molar-refractivity contribution in [2.45, 2.75) is 35.4 Å². The molecule has 1 rings (SSSR count). The van der Waals surface area contributed by atoms with Crippen LogP contribution in [0.1, 0.15) is 41.3 Å². The van der Waals surface area contributed by atoms with Crippen LogP contribution in [0.2, 0.25) is 0 Å². The Bertz CT molecular complexity index is 470. The number of alkyl halides is 3. The van der Waals surface area contributed by atoms with Crippen LogP contribution < -0.4 is 0 Å². The van der Waals surface area contributed by atoms with E-state index >= 15 is 0 Å². The van der Waals surface area contributed by atoms with Crippen LogP contribution in [0, 0.1) is 6.92 Å². The molecule has 0 saturated carbocycles. The predicted octanol–water partition coefficient (Wildman–Crippen LogP) is 5.41. The highest BCUT2D eigenvalue weighted by atomic mass is 35.6. The third kappa shape index (κ3) is 4.45. The number of carboxylic acids is 1. The molecule has 1 aromatic rings. The zero-order chi connectivity index (χ0) is 14.6. The average molecular weight is 342 g/mol. The van der Waals surface area contributed by atoms with Gasteiger partial charge in [-0.25, -0.2) is 4.79 Å². The summed E-state index contributed by atoms with van der Waals surface area (Å²) >= 11 is 19.4. The number of halogens is 3. The zero-order valence-corrected chi connectivity index (χ0v) is 13.8. The SMILES string of the molecule is CCCCSc1c(C(Cl)(Cl)Cl)ccc(C(=O)O)c1C. The summed E-state index contributed by atoms with van der Waals surface area (Å²) in [6.07, 6.45) is 2.09. The van der Waals surface area contributed by atoms with Gasteiger partial charge in [-0.3, -0.25) is 0 Å². The van der Waals surface area contributed by atoms with E-state index in [0.29, 0.717) is 11.1 Å². The molecule has 0 spiro atoms. The third-order valence-corrected chi connectivity index (χ3v) is 4.60. The standard InChI is InChI=1S/C13H15Cl3O2S/c1-3-4-7-19-11-8(2)9(12(17)18)5-6-10(11)13(14,15)16/h5-6H,3-4,7H2,1-2H3,(H,17,18). The highest BCUT2D eigenvalue weighted by Gasteiger charge is 2.28. The van der Waals surface area contributed by atoms with Crippen LogP contribution in [0.5, 0.6) is 0 Å². The highest BCUT2D eigenvalue weighted by molar-refractivity contribution is 7.99. The number of hydrogen-bond acceptors (Lipinski definition) is 2. The normalized spacial score (nSPS) is 11.6. The molecular formula is C13H15Cl3O2S. The lowest BCUT2D eigenvalue weighted by molar-refractivity contribution is 0.0696. The molecule has 0 bridgehead atoms. The van der Waals surface area contributed by atoms with Crippen LogP contribution in [0.3, 0.4) is 0 Å². The topological polar surface area (TPSA) is 37.3 Å². The summed E-state index contributed by atoms with van der Waals surface area (Å²) in [5.41, 5.74) is 1.44. The summed E-state index contributed by atoms with van der Waals surface area (Å²) in [6, 6.07) is 3.07. The molecule has 0 aliphatic heterocycles. The van der Waals surface area contributed by atoms with Gasteiger partial charge in [-0.1, -0.05) is 54.2 Å². The van der Waals surface area contributed by atoms with Crippen LogP contribution in [0.25, 0.3) is 0 Å². The largest absolute Gasteiger partial charge is 0.478 e. The van der Waals surface area contributed by atoms with E-state index in [0.717, 1.165) is 23.5 Å². The number of benzene rings is 1. The molecule has 1 N–H and O–H groups in total. The lowest BCUT2D eigenvalue weighted by atomic mass is 10.1. The van der Waals surface area contributed by atoms with Crippen LogP contribution in [0.4, 0.5) is 0 Å². The number of aromatic carboxylic acids is 1. The summed E-state index contributed by atoms with van der Waals surface area (Å²) < 4.78 is -1.55. The van der Waals surface area contributed by atoms with Gasteiger partial charge < -0.3 is 5.11 Å². The minimum Gasteiger partial charge on any atom is -0.478 e. The summed E-state index contributed by atoms with van der Waals surface area (Å²) in [4.78, 5) is 11.9. The lowest BCUT2D eigenvalue weighted by Gasteiger charge is -2.19. The lowest BCUT2D eigenvalue weighted by Crippen LogP contribution is -2.08. The molecule has 0 amide bonds. The number of thioether (sulfide) groups is 1. The molecule has 0 atom stereocenters. The monoisotopic (exact) mass is 340 g/mol.